The number of nitrogen functional groups attached to an aromatic ring is 1. The first-order valence-corrected chi connectivity index (χ1v) is 4.46. The van der Waals surface area contributed by atoms with E-state index in [9.17, 15) is 9.59 Å². The van der Waals surface area contributed by atoms with E-state index >= 15 is 0 Å². The van der Waals surface area contributed by atoms with E-state index in [1.807, 2.05) is 0 Å². The summed E-state index contributed by atoms with van der Waals surface area (Å²) in [5.74, 6) is -0.917. The highest BCUT2D eigenvalue weighted by Crippen LogP contribution is 2.05. The topological polar surface area (TPSA) is 98.2 Å². The van der Waals surface area contributed by atoms with Gasteiger partial charge in [-0.15, -0.1) is 0 Å². The monoisotopic (exact) mass is 207 g/mol. The molecule has 0 aliphatic carbocycles. The van der Waals surface area contributed by atoms with Crippen molar-refractivity contribution >= 4 is 17.5 Å². The number of amides is 2. The van der Waals surface area contributed by atoms with Gasteiger partial charge >= 0.3 is 0 Å². The lowest BCUT2D eigenvalue weighted by Crippen LogP contribution is -2.42. The van der Waals surface area contributed by atoms with Crippen LogP contribution in [0.3, 0.4) is 0 Å². The zero-order chi connectivity index (χ0) is 11.4. The molecule has 5 nitrogen and oxygen atoms in total. The van der Waals surface area contributed by atoms with Crippen LogP contribution in [0.15, 0.2) is 24.3 Å². The van der Waals surface area contributed by atoms with Crippen LogP contribution in [0.5, 0.6) is 0 Å². The standard InChI is InChI=1S/C10H13N3O2/c1-6(9(12)14)13-10(15)7-2-4-8(11)5-3-7/h2-6H,11H2,1H3,(H2,12,14)(H,13,15)/t6-/m1/s1. The Morgan fingerprint density at radius 1 is 1.27 bits per heavy atom. The first-order valence-electron chi connectivity index (χ1n) is 4.46. The summed E-state index contributed by atoms with van der Waals surface area (Å²) in [7, 11) is 0. The van der Waals surface area contributed by atoms with Crippen molar-refractivity contribution in [3.8, 4) is 0 Å². The zero-order valence-corrected chi connectivity index (χ0v) is 8.36. The highest BCUT2D eigenvalue weighted by molar-refractivity contribution is 5.97. The predicted molar refractivity (Wildman–Crippen MR) is 57.0 cm³/mol. The second-order valence-corrected chi connectivity index (χ2v) is 3.22. The van der Waals surface area contributed by atoms with Gasteiger partial charge in [0.1, 0.15) is 6.04 Å². The van der Waals surface area contributed by atoms with Gasteiger partial charge < -0.3 is 16.8 Å². The molecule has 80 valence electrons. The molecular formula is C10H13N3O2. The van der Waals surface area contributed by atoms with Gasteiger partial charge in [0.05, 0.1) is 0 Å². The molecule has 5 N–H and O–H groups in total. The first-order chi connectivity index (χ1) is 7.00. The Hall–Kier alpha value is -2.04. The van der Waals surface area contributed by atoms with Crippen LogP contribution in [0.25, 0.3) is 0 Å². The molecule has 5 heteroatoms. The number of primary amides is 1. The Bertz CT molecular complexity index is 373. The van der Waals surface area contributed by atoms with E-state index in [0.717, 1.165) is 0 Å². The van der Waals surface area contributed by atoms with Crippen LogP contribution < -0.4 is 16.8 Å². The van der Waals surface area contributed by atoms with Crippen molar-refractivity contribution in [3.05, 3.63) is 29.8 Å². The van der Waals surface area contributed by atoms with E-state index in [2.05, 4.69) is 5.32 Å². The molecule has 1 rings (SSSR count). The van der Waals surface area contributed by atoms with Gasteiger partial charge in [-0.05, 0) is 31.2 Å². The molecule has 1 aromatic rings. The van der Waals surface area contributed by atoms with E-state index in [1.165, 1.54) is 6.92 Å². The quantitative estimate of drug-likeness (QED) is 0.602. The van der Waals surface area contributed by atoms with E-state index in [4.69, 9.17) is 11.5 Å². The fraction of sp³-hybridized carbons (Fsp3) is 0.200. The molecule has 0 fully saturated rings. The van der Waals surface area contributed by atoms with Gasteiger partial charge in [0, 0.05) is 11.3 Å². The number of benzene rings is 1. The summed E-state index contributed by atoms with van der Waals surface area (Å²) in [6.45, 7) is 1.53. The van der Waals surface area contributed by atoms with Crippen LogP contribution in [0, 0.1) is 0 Å². The molecule has 0 aromatic heterocycles. The average Bonchev–Trinajstić information content (AvgIpc) is 2.18. The van der Waals surface area contributed by atoms with Gasteiger partial charge in [-0.25, -0.2) is 0 Å². The molecule has 0 aliphatic heterocycles. The van der Waals surface area contributed by atoms with Crippen LogP contribution in [0.1, 0.15) is 17.3 Å². The van der Waals surface area contributed by atoms with Gasteiger partial charge in [-0.1, -0.05) is 0 Å². The minimum atomic E-state index is -0.685. The molecule has 0 radical (unpaired) electrons. The summed E-state index contributed by atoms with van der Waals surface area (Å²) in [5.41, 5.74) is 11.5. The number of hydrogen-bond acceptors (Lipinski definition) is 3. The molecule has 0 heterocycles. The third kappa shape index (κ3) is 2.98. The maximum Gasteiger partial charge on any atom is 0.251 e. The largest absolute Gasteiger partial charge is 0.399 e. The van der Waals surface area contributed by atoms with Crippen LogP contribution >= 0.6 is 0 Å². The number of nitrogens with two attached hydrogens (primary N) is 2. The van der Waals surface area contributed by atoms with Crippen molar-refractivity contribution in [1.82, 2.24) is 5.32 Å². The molecule has 0 saturated carbocycles. The smallest absolute Gasteiger partial charge is 0.251 e. The van der Waals surface area contributed by atoms with Crippen LogP contribution in [0.4, 0.5) is 5.69 Å². The number of anilines is 1. The molecule has 1 atom stereocenters. The molecule has 0 aliphatic rings. The highest BCUT2D eigenvalue weighted by Gasteiger charge is 2.13. The molecule has 0 bridgehead atoms. The first kappa shape index (κ1) is 11.0. The lowest BCUT2D eigenvalue weighted by molar-refractivity contribution is -0.119. The summed E-state index contributed by atoms with van der Waals surface area (Å²) < 4.78 is 0. The Morgan fingerprint density at radius 3 is 2.27 bits per heavy atom. The molecule has 1 aromatic carbocycles. The minimum Gasteiger partial charge on any atom is -0.399 e. The number of hydrogen-bond donors (Lipinski definition) is 3. The Kier molecular flexibility index (Phi) is 3.28. The fourth-order valence-electron chi connectivity index (χ4n) is 0.986. The SMILES string of the molecule is C[C@@H](NC(=O)c1ccc(N)cc1)C(N)=O. The minimum absolute atomic E-state index is 0.346. The third-order valence-corrected chi connectivity index (χ3v) is 1.95. The van der Waals surface area contributed by atoms with Crippen LogP contribution in [0.2, 0.25) is 0 Å². The van der Waals surface area contributed by atoms with Crippen molar-refractivity contribution in [2.45, 2.75) is 13.0 Å². The maximum atomic E-state index is 11.5. The van der Waals surface area contributed by atoms with E-state index in [0.29, 0.717) is 11.3 Å². The average molecular weight is 207 g/mol. The summed E-state index contributed by atoms with van der Waals surface area (Å²) in [5, 5.41) is 2.46. The Morgan fingerprint density at radius 2 is 1.80 bits per heavy atom. The van der Waals surface area contributed by atoms with Gasteiger partial charge in [0.2, 0.25) is 5.91 Å². The summed E-state index contributed by atoms with van der Waals surface area (Å²) >= 11 is 0. The van der Waals surface area contributed by atoms with Crippen molar-refractivity contribution in [3.63, 3.8) is 0 Å². The third-order valence-electron chi connectivity index (χ3n) is 1.95. The van der Waals surface area contributed by atoms with Crippen molar-refractivity contribution < 1.29 is 9.59 Å². The molecular weight excluding hydrogens is 194 g/mol. The van der Waals surface area contributed by atoms with Crippen molar-refractivity contribution in [2.75, 3.05) is 5.73 Å². The van der Waals surface area contributed by atoms with Gasteiger partial charge in [0.25, 0.3) is 5.91 Å². The molecule has 0 saturated heterocycles. The van der Waals surface area contributed by atoms with E-state index in [-0.39, 0.29) is 5.91 Å². The second kappa shape index (κ2) is 4.45. The maximum absolute atomic E-state index is 11.5. The molecule has 15 heavy (non-hydrogen) atoms. The van der Waals surface area contributed by atoms with Gasteiger partial charge in [0.15, 0.2) is 0 Å². The van der Waals surface area contributed by atoms with Crippen molar-refractivity contribution in [2.24, 2.45) is 5.73 Å². The zero-order valence-electron chi connectivity index (χ0n) is 8.36. The van der Waals surface area contributed by atoms with Crippen LogP contribution in [-0.2, 0) is 4.79 Å². The van der Waals surface area contributed by atoms with Gasteiger partial charge in [-0.2, -0.15) is 0 Å². The number of rotatable bonds is 3. The lowest BCUT2D eigenvalue weighted by atomic mass is 10.2. The van der Waals surface area contributed by atoms with Gasteiger partial charge in [-0.3, -0.25) is 9.59 Å². The number of carbonyl (C=O) groups excluding carboxylic acids is 2. The molecule has 0 unspecified atom stereocenters. The second-order valence-electron chi connectivity index (χ2n) is 3.22. The van der Waals surface area contributed by atoms with E-state index < -0.39 is 11.9 Å². The number of carbonyl (C=O) groups is 2. The Balaban J connectivity index is 2.69. The normalized spacial score (nSPS) is 11.8. The summed E-state index contributed by atoms with van der Waals surface area (Å²) in [4.78, 5) is 22.2. The predicted octanol–water partition coefficient (Wildman–Crippen LogP) is -0.128. The number of nitrogens with one attached hydrogen (secondary N) is 1. The molecule has 2 amide bonds. The van der Waals surface area contributed by atoms with Crippen molar-refractivity contribution in [1.29, 1.82) is 0 Å². The lowest BCUT2D eigenvalue weighted by Gasteiger charge is -2.09. The fourth-order valence-corrected chi connectivity index (χ4v) is 0.986. The van der Waals surface area contributed by atoms with E-state index in [1.54, 1.807) is 24.3 Å². The molecule has 0 spiro atoms. The highest BCUT2D eigenvalue weighted by atomic mass is 16.2. The van der Waals surface area contributed by atoms with Crippen LogP contribution in [-0.4, -0.2) is 17.9 Å². The summed E-state index contributed by atoms with van der Waals surface area (Å²) in [6, 6.07) is 5.71. The Labute approximate surface area is 87.4 Å². The summed E-state index contributed by atoms with van der Waals surface area (Å²) in [6.07, 6.45) is 0.